The Balaban J connectivity index is 2.35. The Morgan fingerprint density at radius 3 is 2.56 bits per heavy atom. The number of hydrogen-bond acceptors (Lipinski definition) is 5. The lowest BCUT2D eigenvalue weighted by molar-refractivity contribution is -0.384. The molecule has 0 radical (unpaired) electrons. The van der Waals surface area contributed by atoms with Crippen LogP contribution in [0.25, 0.3) is 11.4 Å². The van der Waals surface area contributed by atoms with Gasteiger partial charge in [-0.15, -0.1) is 6.42 Å². The van der Waals surface area contributed by atoms with Gasteiger partial charge in [-0.1, -0.05) is 5.16 Å². The average Bonchev–Trinajstić information content (AvgIpc) is 2.77. The Morgan fingerprint density at radius 2 is 2.06 bits per heavy atom. The quantitative estimate of drug-likeness (QED) is 0.432. The molecule has 6 nitrogen and oxygen atoms in total. The number of hydrogen-bond donors (Lipinski definition) is 0. The molecule has 0 bridgehead atoms. The molecule has 0 aliphatic rings. The molecule has 0 spiro atoms. The zero-order valence-corrected chi connectivity index (χ0v) is 7.95. The summed E-state index contributed by atoms with van der Waals surface area (Å²) in [6.45, 7) is 0. The van der Waals surface area contributed by atoms with Gasteiger partial charge in [0.15, 0.2) is 0 Å². The lowest BCUT2D eigenvalue weighted by Gasteiger charge is -1.93. The van der Waals surface area contributed by atoms with Crippen molar-refractivity contribution in [1.82, 2.24) is 10.1 Å². The monoisotopic (exact) mass is 215 g/mol. The summed E-state index contributed by atoms with van der Waals surface area (Å²) < 4.78 is 4.71. The SMILES string of the molecule is C#Cc1nc(-c2ccc([N+](=O)[O-])cc2)no1. The van der Waals surface area contributed by atoms with Crippen molar-refractivity contribution in [2.45, 2.75) is 0 Å². The number of benzene rings is 1. The number of terminal acetylenes is 1. The third-order valence-electron chi connectivity index (χ3n) is 1.89. The van der Waals surface area contributed by atoms with Crippen LogP contribution in [-0.4, -0.2) is 15.1 Å². The van der Waals surface area contributed by atoms with Gasteiger partial charge in [0.05, 0.1) is 4.92 Å². The largest absolute Gasteiger partial charge is 0.325 e. The number of non-ortho nitro benzene ring substituents is 1. The molecule has 0 N–H and O–H groups in total. The van der Waals surface area contributed by atoms with E-state index in [1.165, 1.54) is 24.3 Å². The molecular weight excluding hydrogens is 210 g/mol. The predicted octanol–water partition coefficient (Wildman–Crippen LogP) is 1.63. The molecule has 0 amide bonds. The zero-order valence-electron chi connectivity index (χ0n) is 7.95. The third kappa shape index (κ3) is 1.74. The van der Waals surface area contributed by atoms with E-state index in [1.54, 1.807) is 0 Å². The summed E-state index contributed by atoms with van der Waals surface area (Å²) in [7, 11) is 0. The van der Waals surface area contributed by atoms with Crippen LogP contribution in [0.5, 0.6) is 0 Å². The van der Waals surface area contributed by atoms with Crippen LogP contribution in [0.3, 0.4) is 0 Å². The highest BCUT2D eigenvalue weighted by Crippen LogP contribution is 2.19. The van der Waals surface area contributed by atoms with Crippen LogP contribution >= 0.6 is 0 Å². The van der Waals surface area contributed by atoms with Crippen LogP contribution in [-0.2, 0) is 0 Å². The summed E-state index contributed by atoms with van der Waals surface area (Å²) in [6.07, 6.45) is 5.07. The van der Waals surface area contributed by atoms with Crippen molar-refractivity contribution < 1.29 is 9.45 Å². The van der Waals surface area contributed by atoms with Crippen molar-refractivity contribution in [1.29, 1.82) is 0 Å². The van der Waals surface area contributed by atoms with E-state index in [4.69, 9.17) is 10.9 Å². The lowest BCUT2D eigenvalue weighted by atomic mass is 10.2. The minimum Gasteiger partial charge on any atom is -0.325 e. The van der Waals surface area contributed by atoms with E-state index in [1.807, 2.05) is 0 Å². The van der Waals surface area contributed by atoms with Gasteiger partial charge in [0.25, 0.3) is 5.69 Å². The van der Waals surface area contributed by atoms with Crippen molar-refractivity contribution >= 4 is 5.69 Å². The van der Waals surface area contributed by atoms with Gasteiger partial charge in [-0.05, 0) is 18.1 Å². The maximum absolute atomic E-state index is 10.4. The van der Waals surface area contributed by atoms with Crippen LogP contribution in [0.1, 0.15) is 5.89 Å². The summed E-state index contributed by atoms with van der Waals surface area (Å²) in [6, 6.07) is 5.79. The summed E-state index contributed by atoms with van der Waals surface area (Å²) in [5.41, 5.74) is 0.611. The number of nitro benzene ring substituents is 1. The lowest BCUT2D eigenvalue weighted by Crippen LogP contribution is -1.87. The molecule has 1 aromatic carbocycles. The fraction of sp³-hybridized carbons (Fsp3) is 0. The van der Waals surface area contributed by atoms with E-state index in [9.17, 15) is 10.1 Å². The van der Waals surface area contributed by atoms with Gasteiger partial charge >= 0.3 is 5.89 Å². The molecule has 78 valence electrons. The summed E-state index contributed by atoms with van der Waals surface area (Å²) in [4.78, 5) is 13.8. The molecule has 1 heterocycles. The highest BCUT2D eigenvalue weighted by molar-refractivity contribution is 5.56. The van der Waals surface area contributed by atoms with Crippen molar-refractivity contribution in [3.05, 3.63) is 40.3 Å². The second-order valence-electron chi connectivity index (χ2n) is 2.87. The number of rotatable bonds is 2. The third-order valence-corrected chi connectivity index (χ3v) is 1.89. The molecular formula is C10H5N3O3. The molecule has 2 rings (SSSR count). The Labute approximate surface area is 90.1 Å². The predicted molar refractivity (Wildman–Crippen MR) is 54.3 cm³/mol. The minimum absolute atomic E-state index is 0.00409. The minimum atomic E-state index is -0.479. The van der Waals surface area contributed by atoms with Gasteiger partial charge in [0, 0.05) is 17.7 Å². The Kier molecular flexibility index (Phi) is 2.36. The van der Waals surface area contributed by atoms with Crippen molar-refractivity contribution in [3.8, 4) is 23.7 Å². The molecule has 0 saturated carbocycles. The van der Waals surface area contributed by atoms with E-state index in [2.05, 4.69) is 16.1 Å². The van der Waals surface area contributed by atoms with Crippen molar-refractivity contribution in [2.75, 3.05) is 0 Å². The highest BCUT2D eigenvalue weighted by atomic mass is 16.6. The molecule has 0 unspecified atom stereocenters. The van der Waals surface area contributed by atoms with Gasteiger partial charge in [0.2, 0.25) is 5.82 Å². The van der Waals surface area contributed by atoms with Gasteiger partial charge in [0.1, 0.15) is 0 Å². The first kappa shape index (κ1) is 9.86. The summed E-state index contributed by atoms with van der Waals surface area (Å²) >= 11 is 0. The van der Waals surface area contributed by atoms with Gasteiger partial charge in [-0.25, -0.2) is 0 Å². The van der Waals surface area contributed by atoms with E-state index in [0.717, 1.165) is 0 Å². The highest BCUT2D eigenvalue weighted by Gasteiger charge is 2.09. The molecule has 0 fully saturated rings. The van der Waals surface area contributed by atoms with Crippen molar-refractivity contribution in [2.24, 2.45) is 0 Å². The van der Waals surface area contributed by atoms with Crippen LogP contribution in [0.15, 0.2) is 28.8 Å². The Hall–Kier alpha value is -2.68. The average molecular weight is 215 g/mol. The Morgan fingerprint density at radius 1 is 1.38 bits per heavy atom. The first-order valence-corrected chi connectivity index (χ1v) is 4.26. The molecule has 16 heavy (non-hydrogen) atoms. The molecule has 0 aliphatic carbocycles. The van der Waals surface area contributed by atoms with Gasteiger partial charge in [-0.2, -0.15) is 4.98 Å². The molecule has 6 heteroatoms. The molecule has 2 aromatic rings. The first-order chi connectivity index (χ1) is 7.70. The molecule has 0 saturated heterocycles. The van der Waals surface area contributed by atoms with Gasteiger partial charge in [-0.3, -0.25) is 10.1 Å². The fourth-order valence-electron chi connectivity index (χ4n) is 1.13. The number of nitro groups is 1. The first-order valence-electron chi connectivity index (χ1n) is 4.26. The van der Waals surface area contributed by atoms with Crippen molar-refractivity contribution in [3.63, 3.8) is 0 Å². The normalized spacial score (nSPS) is 9.69. The van der Waals surface area contributed by atoms with Crippen LogP contribution in [0.4, 0.5) is 5.69 Å². The molecule has 0 aliphatic heterocycles. The second-order valence-corrected chi connectivity index (χ2v) is 2.87. The van der Waals surface area contributed by atoms with Gasteiger partial charge < -0.3 is 4.52 Å². The van der Waals surface area contributed by atoms with Crippen LogP contribution in [0.2, 0.25) is 0 Å². The number of aromatic nitrogens is 2. The Bertz CT molecular complexity index is 566. The zero-order chi connectivity index (χ0) is 11.5. The maximum Gasteiger partial charge on any atom is 0.302 e. The fourth-order valence-corrected chi connectivity index (χ4v) is 1.13. The maximum atomic E-state index is 10.4. The number of nitrogens with zero attached hydrogens (tertiary/aromatic N) is 3. The molecule has 1 aromatic heterocycles. The standard InChI is InChI=1S/C10H5N3O3/c1-2-9-11-10(12-16-9)7-3-5-8(6-4-7)13(14)15/h1,3-6H. The van der Waals surface area contributed by atoms with Crippen LogP contribution in [0, 0.1) is 22.5 Å². The van der Waals surface area contributed by atoms with E-state index in [0.29, 0.717) is 11.4 Å². The topological polar surface area (TPSA) is 82.1 Å². The second kappa shape index (κ2) is 3.82. The molecule has 0 atom stereocenters. The van der Waals surface area contributed by atoms with E-state index in [-0.39, 0.29) is 11.6 Å². The van der Waals surface area contributed by atoms with E-state index < -0.39 is 4.92 Å². The van der Waals surface area contributed by atoms with Crippen LogP contribution < -0.4 is 0 Å². The smallest absolute Gasteiger partial charge is 0.302 e. The summed E-state index contributed by atoms with van der Waals surface area (Å²) in [5.74, 6) is 2.58. The van der Waals surface area contributed by atoms with E-state index >= 15 is 0 Å². The summed E-state index contributed by atoms with van der Waals surface area (Å²) in [5, 5.41) is 14.1.